The Kier molecular flexibility index (Phi) is 6.47. The molecule has 0 radical (unpaired) electrons. The van der Waals surface area contributed by atoms with Crippen molar-refractivity contribution in [1.82, 2.24) is 4.72 Å². The van der Waals surface area contributed by atoms with Crippen LogP contribution in [0.4, 0.5) is 0 Å². The first-order valence-electron chi connectivity index (χ1n) is 6.47. The third-order valence-corrected chi connectivity index (χ3v) is 4.36. The van der Waals surface area contributed by atoms with E-state index in [1.807, 2.05) is 37.3 Å². The highest BCUT2D eigenvalue weighted by Crippen LogP contribution is 2.04. The molecular formula is C13H21N3O3S. The molecule has 0 amide bonds. The largest absolute Gasteiger partial charge is 0.409 e. The van der Waals surface area contributed by atoms with Gasteiger partial charge in [0.2, 0.25) is 10.0 Å². The zero-order valence-electron chi connectivity index (χ0n) is 11.5. The zero-order valence-corrected chi connectivity index (χ0v) is 12.3. The molecule has 0 fully saturated rings. The van der Waals surface area contributed by atoms with Crippen LogP contribution in [-0.2, 0) is 16.4 Å². The molecule has 1 rings (SSSR count). The maximum atomic E-state index is 12.0. The molecule has 0 saturated heterocycles. The number of aryl methyl sites for hydroxylation is 1. The van der Waals surface area contributed by atoms with Gasteiger partial charge in [0.15, 0.2) is 0 Å². The molecule has 112 valence electrons. The summed E-state index contributed by atoms with van der Waals surface area (Å²) in [7, 11) is -3.39. The lowest BCUT2D eigenvalue weighted by molar-refractivity contribution is 0.316. The number of amidine groups is 1. The number of hydrogen-bond donors (Lipinski definition) is 3. The Labute approximate surface area is 119 Å². The van der Waals surface area contributed by atoms with Gasteiger partial charge in [-0.1, -0.05) is 42.4 Å². The van der Waals surface area contributed by atoms with E-state index >= 15 is 0 Å². The van der Waals surface area contributed by atoms with Crippen molar-refractivity contribution in [3.8, 4) is 0 Å². The van der Waals surface area contributed by atoms with Crippen molar-refractivity contribution in [2.24, 2.45) is 10.9 Å². The number of nitrogens with zero attached hydrogens (tertiary/aromatic N) is 1. The summed E-state index contributed by atoms with van der Waals surface area (Å²) in [5.41, 5.74) is 6.37. The van der Waals surface area contributed by atoms with E-state index in [0.717, 1.165) is 5.56 Å². The first kappa shape index (κ1) is 16.5. The van der Waals surface area contributed by atoms with Crippen LogP contribution >= 0.6 is 0 Å². The van der Waals surface area contributed by atoms with Crippen LogP contribution in [0.1, 0.15) is 25.3 Å². The van der Waals surface area contributed by atoms with Crippen molar-refractivity contribution in [2.45, 2.75) is 32.2 Å². The second kappa shape index (κ2) is 7.86. The molecule has 1 atom stereocenters. The molecular weight excluding hydrogens is 278 g/mol. The predicted octanol–water partition coefficient (Wildman–Crippen LogP) is 1.06. The Hall–Kier alpha value is -1.60. The van der Waals surface area contributed by atoms with Gasteiger partial charge in [0.05, 0.1) is 5.75 Å². The molecule has 1 aromatic carbocycles. The maximum absolute atomic E-state index is 12.0. The van der Waals surface area contributed by atoms with Gasteiger partial charge in [-0.3, -0.25) is 0 Å². The second-order valence-electron chi connectivity index (χ2n) is 4.57. The molecule has 0 heterocycles. The standard InChI is InChI=1S/C13H21N3O3S/c1-2-12(10-13(14)15-17)16-20(18,19)9-8-11-6-4-3-5-7-11/h3-7,12,16-17H,2,8-10H2,1H3,(H2,14,15). The van der Waals surface area contributed by atoms with Crippen LogP contribution in [0.3, 0.4) is 0 Å². The van der Waals surface area contributed by atoms with Crippen LogP contribution < -0.4 is 10.5 Å². The van der Waals surface area contributed by atoms with Crippen LogP contribution in [0.15, 0.2) is 35.5 Å². The van der Waals surface area contributed by atoms with Gasteiger partial charge in [0.1, 0.15) is 5.84 Å². The van der Waals surface area contributed by atoms with Crippen molar-refractivity contribution < 1.29 is 13.6 Å². The number of benzene rings is 1. The molecule has 0 spiro atoms. The van der Waals surface area contributed by atoms with E-state index in [4.69, 9.17) is 10.9 Å². The van der Waals surface area contributed by atoms with Crippen LogP contribution in [0.5, 0.6) is 0 Å². The number of nitrogens with one attached hydrogen (secondary N) is 1. The summed E-state index contributed by atoms with van der Waals surface area (Å²) < 4.78 is 26.6. The van der Waals surface area contributed by atoms with Gasteiger partial charge in [-0.05, 0) is 18.4 Å². The predicted molar refractivity (Wildman–Crippen MR) is 79.2 cm³/mol. The summed E-state index contributed by atoms with van der Waals surface area (Å²) in [6, 6.07) is 9.07. The summed E-state index contributed by atoms with van der Waals surface area (Å²) in [5.74, 6) is 0.0339. The maximum Gasteiger partial charge on any atom is 0.212 e. The fourth-order valence-corrected chi connectivity index (χ4v) is 3.15. The lowest BCUT2D eigenvalue weighted by Crippen LogP contribution is -2.39. The number of nitrogens with two attached hydrogens (primary N) is 1. The smallest absolute Gasteiger partial charge is 0.212 e. The molecule has 0 saturated carbocycles. The third-order valence-electron chi connectivity index (χ3n) is 2.93. The summed E-state index contributed by atoms with van der Waals surface area (Å²) in [6.07, 6.45) is 1.22. The average Bonchev–Trinajstić information content (AvgIpc) is 2.45. The fraction of sp³-hybridized carbons (Fsp3) is 0.462. The van der Waals surface area contributed by atoms with Crippen molar-refractivity contribution in [3.63, 3.8) is 0 Å². The van der Waals surface area contributed by atoms with Crippen molar-refractivity contribution in [3.05, 3.63) is 35.9 Å². The summed E-state index contributed by atoms with van der Waals surface area (Å²) in [5, 5.41) is 11.4. The third kappa shape index (κ3) is 6.03. The summed E-state index contributed by atoms with van der Waals surface area (Å²) in [6.45, 7) is 1.84. The molecule has 0 aliphatic heterocycles. The zero-order chi connectivity index (χ0) is 15.0. The Morgan fingerprint density at radius 2 is 2.05 bits per heavy atom. The van der Waals surface area contributed by atoms with Gasteiger partial charge in [-0.2, -0.15) is 0 Å². The first-order chi connectivity index (χ1) is 9.46. The molecule has 20 heavy (non-hydrogen) atoms. The number of sulfonamides is 1. The highest BCUT2D eigenvalue weighted by atomic mass is 32.2. The molecule has 7 heteroatoms. The van der Waals surface area contributed by atoms with Gasteiger partial charge in [-0.25, -0.2) is 13.1 Å². The lowest BCUT2D eigenvalue weighted by atomic mass is 10.1. The van der Waals surface area contributed by atoms with Crippen molar-refractivity contribution in [2.75, 3.05) is 5.75 Å². The van der Waals surface area contributed by atoms with E-state index in [0.29, 0.717) is 12.8 Å². The Bertz CT molecular complexity index is 529. The Morgan fingerprint density at radius 1 is 1.40 bits per heavy atom. The minimum Gasteiger partial charge on any atom is -0.409 e. The summed E-state index contributed by atoms with van der Waals surface area (Å²) >= 11 is 0. The van der Waals surface area contributed by atoms with Gasteiger partial charge in [0, 0.05) is 12.5 Å². The highest BCUT2D eigenvalue weighted by Gasteiger charge is 2.17. The van der Waals surface area contributed by atoms with E-state index < -0.39 is 10.0 Å². The van der Waals surface area contributed by atoms with Gasteiger partial charge >= 0.3 is 0 Å². The van der Waals surface area contributed by atoms with E-state index in [2.05, 4.69) is 9.88 Å². The molecule has 1 unspecified atom stereocenters. The topological polar surface area (TPSA) is 105 Å². The fourth-order valence-electron chi connectivity index (χ4n) is 1.77. The average molecular weight is 299 g/mol. The first-order valence-corrected chi connectivity index (χ1v) is 8.12. The van der Waals surface area contributed by atoms with E-state index in [9.17, 15) is 8.42 Å². The summed E-state index contributed by atoms with van der Waals surface area (Å²) in [4.78, 5) is 0. The molecule has 0 aliphatic carbocycles. The minimum absolute atomic E-state index is 0.0163. The molecule has 4 N–H and O–H groups in total. The normalized spacial score (nSPS) is 14.2. The number of oxime groups is 1. The molecule has 6 nitrogen and oxygen atoms in total. The van der Waals surface area contributed by atoms with Gasteiger partial charge in [-0.15, -0.1) is 0 Å². The highest BCUT2D eigenvalue weighted by molar-refractivity contribution is 7.89. The number of rotatable bonds is 8. The Balaban J connectivity index is 2.55. The van der Waals surface area contributed by atoms with Crippen LogP contribution in [0.2, 0.25) is 0 Å². The minimum atomic E-state index is -3.39. The van der Waals surface area contributed by atoms with Crippen LogP contribution in [0.25, 0.3) is 0 Å². The van der Waals surface area contributed by atoms with Gasteiger partial charge in [0.25, 0.3) is 0 Å². The molecule has 0 aromatic heterocycles. The monoisotopic (exact) mass is 299 g/mol. The lowest BCUT2D eigenvalue weighted by Gasteiger charge is -2.16. The van der Waals surface area contributed by atoms with E-state index in [1.165, 1.54) is 0 Å². The van der Waals surface area contributed by atoms with Crippen LogP contribution in [-0.4, -0.2) is 31.3 Å². The van der Waals surface area contributed by atoms with Gasteiger partial charge < -0.3 is 10.9 Å². The van der Waals surface area contributed by atoms with E-state index in [1.54, 1.807) is 0 Å². The molecule has 0 bridgehead atoms. The second-order valence-corrected chi connectivity index (χ2v) is 6.45. The Morgan fingerprint density at radius 3 is 2.60 bits per heavy atom. The molecule has 1 aromatic rings. The van der Waals surface area contributed by atoms with Crippen molar-refractivity contribution in [1.29, 1.82) is 0 Å². The molecule has 0 aliphatic rings. The van der Waals surface area contributed by atoms with Crippen LogP contribution in [0, 0.1) is 0 Å². The quantitative estimate of drug-likeness (QED) is 0.289. The SMILES string of the molecule is CCC(C/C(N)=N/O)NS(=O)(=O)CCc1ccccc1. The van der Waals surface area contributed by atoms with Crippen molar-refractivity contribution >= 4 is 15.9 Å². The van der Waals surface area contributed by atoms with E-state index in [-0.39, 0.29) is 24.1 Å². The number of hydrogen-bond acceptors (Lipinski definition) is 4.